The van der Waals surface area contributed by atoms with Crippen LogP contribution in [0.1, 0.15) is 11.8 Å². The molecule has 0 aliphatic carbocycles. The van der Waals surface area contributed by atoms with Crippen molar-refractivity contribution in [1.29, 1.82) is 0 Å². The summed E-state index contributed by atoms with van der Waals surface area (Å²) in [5.74, 6) is -0.964. The molecule has 0 fully saturated rings. The largest absolute Gasteiger partial charge is 0.478 e. The molecular formula is C12H14N4O2S. The molecule has 0 atom stereocenters. The van der Waals surface area contributed by atoms with E-state index >= 15 is 0 Å². The van der Waals surface area contributed by atoms with Crippen LogP contribution in [0.2, 0.25) is 0 Å². The van der Waals surface area contributed by atoms with Gasteiger partial charge >= 0.3 is 5.97 Å². The van der Waals surface area contributed by atoms with Gasteiger partial charge in [-0.2, -0.15) is 5.10 Å². The summed E-state index contributed by atoms with van der Waals surface area (Å²) in [5.41, 5.74) is 2.29. The van der Waals surface area contributed by atoms with Crippen molar-refractivity contribution in [2.24, 2.45) is 7.05 Å². The Balaban J connectivity index is 2.54. The van der Waals surface area contributed by atoms with Crippen molar-refractivity contribution < 1.29 is 9.90 Å². The predicted molar refractivity (Wildman–Crippen MR) is 75.1 cm³/mol. The molecule has 0 radical (unpaired) electrons. The van der Waals surface area contributed by atoms with E-state index in [9.17, 15) is 4.79 Å². The van der Waals surface area contributed by atoms with Crippen LogP contribution in [-0.4, -0.2) is 32.9 Å². The van der Waals surface area contributed by atoms with Crippen LogP contribution >= 0.6 is 11.3 Å². The number of nitrogens with one attached hydrogen (secondary N) is 1. The third kappa shape index (κ3) is 2.82. The first-order chi connectivity index (χ1) is 9.01. The number of nitrogens with zero attached hydrogens (tertiary/aromatic N) is 3. The van der Waals surface area contributed by atoms with Crippen LogP contribution < -0.4 is 5.32 Å². The van der Waals surface area contributed by atoms with E-state index in [1.807, 2.05) is 13.2 Å². The lowest BCUT2D eigenvalue weighted by atomic mass is 10.1. The number of thiazole rings is 1. The Hall–Kier alpha value is -2.15. The van der Waals surface area contributed by atoms with Gasteiger partial charge in [0.2, 0.25) is 0 Å². The van der Waals surface area contributed by atoms with Crippen LogP contribution in [0.25, 0.3) is 16.8 Å². The molecule has 0 aliphatic heterocycles. The van der Waals surface area contributed by atoms with E-state index in [-0.39, 0.29) is 0 Å². The monoisotopic (exact) mass is 278 g/mol. The number of aryl methyl sites for hydroxylation is 1. The quantitative estimate of drug-likeness (QED) is 0.837. The minimum absolute atomic E-state index is 0.672. The van der Waals surface area contributed by atoms with Crippen LogP contribution in [0.3, 0.4) is 0 Å². The van der Waals surface area contributed by atoms with Crippen LogP contribution in [0.15, 0.2) is 18.5 Å². The number of carboxylic acid groups (broad SMARTS) is 1. The van der Waals surface area contributed by atoms with E-state index in [1.165, 1.54) is 17.4 Å². The second-order valence-corrected chi connectivity index (χ2v) is 5.01. The second kappa shape index (κ2) is 5.23. The summed E-state index contributed by atoms with van der Waals surface area (Å²) in [6.45, 7) is 1.76. The van der Waals surface area contributed by atoms with Gasteiger partial charge in [-0.25, -0.2) is 9.78 Å². The normalized spacial score (nSPS) is 11.6. The highest BCUT2D eigenvalue weighted by Crippen LogP contribution is 2.35. The first-order valence-corrected chi connectivity index (χ1v) is 6.42. The lowest BCUT2D eigenvalue weighted by Crippen LogP contribution is -1.90. The van der Waals surface area contributed by atoms with E-state index in [2.05, 4.69) is 15.4 Å². The number of carboxylic acids is 1. The maximum absolute atomic E-state index is 10.8. The van der Waals surface area contributed by atoms with Gasteiger partial charge in [-0.3, -0.25) is 4.68 Å². The number of aliphatic carboxylic acids is 1. The third-order valence-electron chi connectivity index (χ3n) is 2.52. The van der Waals surface area contributed by atoms with Gasteiger partial charge in [0.15, 0.2) is 5.13 Å². The van der Waals surface area contributed by atoms with Crippen molar-refractivity contribution in [3.8, 4) is 11.3 Å². The molecule has 0 amide bonds. The summed E-state index contributed by atoms with van der Waals surface area (Å²) in [4.78, 5) is 16.1. The Morgan fingerprint density at radius 2 is 2.32 bits per heavy atom. The number of allylic oxidation sites excluding steroid dienone is 1. The number of carbonyl (C=O) groups is 1. The summed E-state index contributed by atoms with van der Waals surface area (Å²) < 4.78 is 1.69. The molecule has 6 nitrogen and oxygen atoms in total. The van der Waals surface area contributed by atoms with Gasteiger partial charge in [0, 0.05) is 31.9 Å². The lowest BCUT2D eigenvalue weighted by molar-refractivity contribution is -0.131. The molecule has 0 unspecified atom stereocenters. The Morgan fingerprint density at radius 3 is 2.84 bits per heavy atom. The third-order valence-corrected chi connectivity index (χ3v) is 3.73. The zero-order valence-electron chi connectivity index (χ0n) is 10.8. The van der Waals surface area contributed by atoms with E-state index in [4.69, 9.17) is 5.11 Å². The second-order valence-electron chi connectivity index (χ2n) is 4.02. The number of anilines is 1. The molecule has 100 valence electrons. The molecule has 2 heterocycles. The van der Waals surface area contributed by atoms with Crippen molar-refractivity contribution in [2.45, 2.75) is 6.92 Å². The fourth-order valence-electron chi connectivity index (χ4n) is 1.68. The molecule has 0 spiro atoms. The number of hydrogen-bond donors (Lipinski definition) is 2. The maximum Gasteiger partial charge on any atom is 0.328 e. The van der Waals surface area contributed by atoms with E-state index < -0.39 is 5.97 Å². The van der Waals surface area contributed by atoms with Gasteiger partial charge < -0.3 is 10.4 Å². The molecule has 2 rings (SSSR count). The topological polar surface area (TPSA) is 80.0 Å². The standard InChI is InChI=1S/C12H14N4O2S/c1-7(4-9(17)18)11-10(15-12(13-2)19-11)8-5-14-16(3)6-8/h4-6H,1-3H3,(H,13,15)(H,17,18)/b7-4+. The van der Waals surface area contributed by atoms with Gasteiger partial charge in [-0.05, 0) is 12.5 Å². The molecule has 7 heteroatoms. The molecule has 2 N–H and O–H groups in total. The number of aromatic nitrogens is 3. The average Bonchev–Trinajstić information content (AvgIpc) is 2.93. The van der Waals surface area contributed by atoms with Gasteiger partial charge in [-0.15, -0.1) is 0 Å². The summed E-state index contributed by atoms with van der Waals surface area (Å²) in [6.07, 6.45) is 4.75. The van der Waals surface area contributed by atoms with Gasteiger partial charge in [0.1, 0.15) is 0 Å². The van der Waals surface area contributed by atoms with Crippen molar-refractivity contribution >= 4 is 28.0 Å². The summed E-state index contributed by atoms with van der Waals surface area (Å²) in [6, 6.07) is 0. The zero-order valence-corrected chi connectivity index (χ0v) is 11.7. The van der Waals surface area contributed by atoms with Crippen molar-refractivity contribution in [2.75, 3.05) is 12.4 Å². The van der Waals surface area contributed by atoms with E-state index in [0.717, 1.165) is 21.3 Å². The fraction of sp³-hybridized carbons (Fsp3) is 0.250. The van der Waals surface area contributed by atoms with Crippen molar-refractivity contribution in [1.82, 2.24) is 14.8 Å². The molecule has 0 bridgehead atoms. The van der Waals surface area contributed by atoms with Crippen molar-refractivity contribution in [3.05, 3.63) is 23.3 Å². The minimum atomic E-state index is -0.964. The summed E-state index contributed by atoms with van der Waals surface area (Å²) in [7, 11) is 3.61. The van der Waals surface area contributed by atoms with Crippen molar-refractivity contribution in [3.63, 3.8) is 0 Å². The van der Waals surface area contributed by atoms with Gasteiger partial charge in [-0.1, -0.05) is 11.3 Å². The Bertz CT molecular complexity index is 642. The Labute approximate surface area is 114 Å². The highest BCUT2D eigenvalue weighted by Gasteiger charge is 2.15. The summed E-state index contributed by atoms with van der Waals surface area (Å²) >= 11 is 1.42. The zero-order chi connectivity index (χ0) is 14.0. The smallest absolute Gasteiger partial charge is 0.328 e. The van der Waals surface area contributed by atoms with Crippen LogP contribution in [0.5, 0.6) is 0 Å². The molecule has 2 aromatic rings. The molecule has 2 aromatic heterocycles. The first-order valence-electron chi connectivity index (χ1n) is 5.60. The Morgan fingerprint density at radius 1 is 1.58 bits per heavy atom. The van der Waals surface area contributed by atoms with Crippen LogP contribution in [-0.2, 0) is 11.8 Å². The Kier molecular flexibility index (Phi) is 3.66. The molecule has 0 saturated heterocycles. The highest BCUT2D eigenvalue weighted by atomic mass is 32.1. The van der Waals surface area contributed by atoms with E-state index in [1.54, 1.807) is 24.9 Å². The number of hydrogen-bond acceptors (Lipinski definition) is 5. The first kappa shape index (κ1) is 13.3. The maximum atomic E-state index is 10.8. The lowest BCUT2D eigenvalue weighted by Gasteiger charge is -1.98. The summed E-state index contributed by atoms with van der Waals surface area (Å²) in [5, 5.41) is 16.7. The molecule has 0 aromatic carbocycles. The van der Waals surface area contributed by atoms with Crippen LogP contribution in [0, 0.1) is 0 Å². The number of rotatable bonds is 4. The predicted octanol–water partition coefficient (Wildman–Crippen LogP) is 2.07. The minimum Gasteiger partial charge on any atom is -0.478 e. The molecule has 0 aliphatic rings. The van der Waals surface area contributed by atoms with Crippen LogP contribution in [0.4, 0.5) is 5.13 Å². The molecule has 0 saturated carbocycles. The average molecular weight is 278 g/mol. The highest BCUT2D eigenvalue weighted by molar-refractivity contribution is 7.17. The molecular weight excluding hydrogens is 264 g/mol. The fourth-order valence-corrected chi connectivity index (χ4v) is 2.60. The van der Waals surface area contributed by atoms with Gasteiger partial charge in [0.25, 0.3) is 0 Å². The molecule has 19 heavy (non-hydrogen) atoms. The SMILES string of the molecule is CNc1nc(-c2cnn(C)c2)c(/C(C)=C/C(=O)O)s1. The van der Waals surface area contributed by atoms with E-state index in [0.29, 0.717) is 5.57 Å². The van der Waals surface area contributed by atoms with Gasteiger partial charge in [0.05, 0.1) is 16.8 Å².